The summed E-state index contributed by atoms with van der Waals surface area (Å²) < 4.78 is 16.8. The van der Waals surface area contributed by atoms with Crippen LogP contribution in [0.15, 0.2) is 12.2 Å². The molecule has 0 aromatic carbocycles. The number of rotatable bonds is 68. The highest BCUT2D eigenvalue weighted by Crippen LogP contribution is 2.24. The number of hydrogen-bond donors (Lipinski definition) is 6. The Bertz CT molecular complexity index is 1430. The molecule has 11 nitrogen and oxygen atoms in total. The molecule has 1 rings (SSSR count). The maximum atomic E-state index is 13.0. The third-order valence-corrected chi connectivity index (χ3v) is 18.4. The van der Waals surface area contributed by atoms with Gasteiger partial charge in [0.2, 0.25) is 5.91 Å². The fraction of sp³-hybridized carbons (Fsp3) is 0.947. The van der Waals surface area contributed by atoms with Crippen LogP contribution in [0.5, 0.6) is 0 Å². The van der Waals surface area contributed by atoms with Crippen LogP contribution in [0.3, 0.4) is 0 Å². The first-order valence-corrected chi connectivity index (χ1v) is 38.0. The molecule has 1 fully saturated rings. The minimum Gasteiger partial charge on any atom is -0.466 e. The average molecular weight is 1220 g/mol. The van der Waals surface area contributed by atoms with Crippen molar-refractivity contribution in [2.45, 2.75) is 436 Å². The van der Waals surface area contributed by atoms with E-state index in [9.17, 15) is 35.1 Å². The molecule has 1 aliphatic heterocycles. The highest BCUT2D eigenvalue weighted by molar-refractivity contribution is 5.76. The largest absolute Gasteiger partial charge is 0.466 e. The Labute approximate surface area is 531 Å². The summed E-state index contributed by atoms with van der Waals surface area (Å²) in [5, 5.41) is 54.3. The molecule has 0 spiro atoms. The van der Waals surface area contributed by atoms with Gasteiger partial charge in [0.15, 0.2) is 6.29 Å². The number of esters is 1. The van der Waals surface area contributed by atoms with Crippen molar-refractivity contribution >= 4 is 11.9 Å². The van der Waals surface area contributed by atoms with Gasteiger partial charge in [-0.25, -0.2) is 0 Å². The van der Waals surface area contributed by atoms with E-state index in [1.807, 2.05) is 6.08 Å². The van der Waals surface area contributed by atoms with E-state index in [1.54, 1.807) is 6.08 Å². The zero-order valence-corrected chi connectivity index (χ0v) is 56.8. The van der Waals surface area contributed by atoms with Crippen LogP contribution in [0.4, 0.5) is 0 Å². The van der Waals surface area contributed by atoms with Crippen LogP contribution in [0, 0.1) is 0 Å². The molecule has 0 aliphatic carbocycles. The number of hydrogen-bond acceptors (Lipinski definition) is 10. The van der Waals surface area contributed by atoms with Gasteiger partial charge in [-0.3, -0.25) is 9.59 Å². The standard InChI is InChI=1S/C75H145NO10/c1-3-5-7-9-11-13-14-15-16-17-30-34-37-40-43-47-51-55-59-63-71(80)84-64-60-56-52-48-44-41-38-35-32-29-27-25-23-21-19-18-20-22-24-26-28-31-33-36-39-42-46-50-54-58-62-70(79)76-67(68(78)61-57-53-49-45-12-10-8-6-4-2)66-85-75-74(83)73(82)72(81)69(65-77)86-75/h57,61,67-69,72-75,77-78,81-83H,3-56,58-60,62-66H2,1-2H3,(H,76,79)/b61-57+. The van der Waals surface area contributed by atoms with E-state index in [1.165, 1.54) is 315 Å². The van der Waals surface area contributed by atoms with Crippen LogP contribution in [-0.2, 0) is 23.8 Å². The lowest BCUT2D eigenvalue weighted by Gasteiger charge is -2.40. The smallest absolute Gasteiger partial charge is 0.305 e. The fourth-order valence-electron chi connectivity index (χ4n) is 12.4. The average Bonchev–Trinajstić information content (AvgIpc) is 3.48. The molecule has 0 aromatic rings. The summed E-state index contributed by atoms with van der Waals surface area (Å²) in [7, 11) is 0. The van der Waals surface area contributed by atoms with Gasteiger partial charge in [-0.2, -0.15) is 0 Å². The van der Waals surface area contributed by atoms with Crippen LogP contribution in [-0.4, -0.2) is 100 Å². The maximum Gasteiger partial charge on any atom is 0.305 e. The molecule has 7 unspecified atom stereocenters. The molecule has 1 saturated heterocycles. The summed E-state index contributed by atoms with van der Waals surface area (Å²) in [6.07, 6.45) is 71.0. The van der Waals surface area contributed by atoms with Crippen LogP contribution >= 0.6 is 0 Å². The van der Waals surface area contributed by atoms with Crippen molar-refractivity contribution in [2.75, 3.05) is 19.8 Å². The molecule has 510 valence electrons. The third kappa shape index (κ3) is 53.1. The van der Waals surface area contributed by atoms with Gasteiger partial charge < -0.3 is 45.1 Å². The fourth-order valence-corrected chi connectivity index (χ4v) is 12.4. The maximum absolute atomic E-state index is 13.0. The van der Waals surface area contributed by atoms with Gasteiger partial charge in [-0.05, 0) is 32.1 Å². The number of aliphatic hydroxyl groups excluding tert-OH is 5. The summed E-state index contributed by atoms with van der Waals surface area (Å²) in [5.41, 5.74) is 0. The van der Waals surface area contributed by atoms with E-state index in [-0.39, 0.29) is 18.5 Å². The first-order chi connectivity index (χ1) is 42.2. The van der Waals surface area contributed by atoms with Crippen molar-refractivity contribution in [3.8, 4) is 0 Å². The highest BCUT2D eigenvalue weighted by atomic mass is 16.7. The molecule has 86 heavy (non-hydrogen) atoms. The Balaban J connectivity index is 1.86. The van der Waals surface area contributed by atoms with Crippen LogP contribution in [0.25, 0.3) is 0 Å². The van der Waals surface area contributed by atoms with Crippen molar-refractivity contribution in [2.24, 2.45) is 0 Å². The summed E-state index contributed by atoms with van der Waals surface area (Å²) in [6, 6.07) is -0.805. The SMILES string of the molecule is CCCCCCCCC/C=C/C(O)C(COC1OC(CO)C(O)C(O)C1O)NC(=O)CCCCCCCCCCCCCCCCCCCCCCCCCCCCCCCCOC(=O)CCCCCCCCCCCCCCCCCCCCC. The Hall–Kier alpha value is -1.60. The summed E-state index contributed by atoms with van der Waals surface area (Å²) in [5.74, 6) is -0.160. The van der Waals surface area contributed by atoms with Gasteiger partial charge in [0.1, 0.15) is 24.4 Å². The van der Waals surface area contributed by atoms with Crippen LogP contribution in [0.2, 0.25) is 0 Å². The molecular weight excluding hydrogens is 1070 g/mol. The van der Waals surface area contributed by atoms with Gasteiger partial charge in [-0.15, -0.1) is 0 Å². The zero-order chi connectivity index (χ0) is 62.3. The van der Waals surface area contributed by atoms with Gasteiger partial charge in [-0.1, -0.05) is 360 Å². The Morgan fingerprint density at radius 3 is 1.08 bits per heavy atom. The van der Waals surface area contributed by atoms with Crippen molar-refractivity contribution in [1.82, 2.24) is 5.32 Å². The minimum atomic E-state index is -1.57. The summed E-state index contributed by atoms with van der Waals surface area (Å²) in [4.78, 5) is 25.2. The number of unbranched alkanes of at least 4 members (excludes halogenated alkanes) is 54. The monoisotopic (exact) mass is 1220 g/mol. The summed E-state index contributed by atoms with van der Waals surface area (Å²) >= 11 is 0. The van der Waals surface area contributed by atoms with Gasteiger partial charge >= 0.3 is 5.97 Å². The number of carbonyl (C=O) groups is 2. The number of carbonyl (C=O) groups excluding carboxylic acids is 2. The molecule has 0 radical (unpaired) electrons. The molecule has 1 amide bonds. The quantitative estimate of drug-likeness (QED) is 0.0195. The second kappa shape index (κ2) is 64.9. The number of allylic oxidation sites excluding steroid dienone is 1. The Morgan fingerprint density at radius 2 is 0.733 bits per heavy atom. The van der Waals surface area contributed by atoms with E-state index in [2.05, 4.69) is 19.2 Å². The second-order valence-corrected chi connectivity index (χ2v) is 26.7. The van der Waals surface area contributed by atoms with Crippen LogP contribution < -0.4 is 5.32 Å². The third-order valence-electron chi connectivity index (χ3n) is 18.4. The first-order valence-electron chi connectivity index (χ1n) is 38.0. The summed E-state index contributed by atoms with van der Waals surface area (Å²) in [6.45, 7) is 4.37. The topological polar surface area (TPSA) is 175 Å². The molecule has 7 atom stereocenters. The molecule has 1 aliphatic rings. The molecule has 0 aromatic heterocycles. The van der Waals surface area contributed by atoms with E-state index < -0.39 is 49.5 Å². The number of amides is 1. The van der Waals surface area contributed by atoms with E-state index in [0.29, 0.717) is 19.4 Å². The predicted molar refractivity (Wildman–Crippen MR) is 362 cm³/mol. The lowest BCUT2D eigenvalue weighted by Crippen LogP contribution is -2.60. The lowest BCUT2D eigenvalue weighted by molar-refractivity contribution is -0.302. The van der Waals surface area contributed by atoms with Crippen molar-refractivity contribution in [3.05, 3.63) is 12.2 Å². The predicted octanol–water partition coefficient (Wildman–Crippen LogP) is 19.8. The van der Waals surface area contributed by atoms with E-state index >= 15 is 0 Å². The van der Waals surface area contributed by atoms with Crippen molar-refractivity contribution in [1.29, 1.82) is 0 Å². The Kier molecular flexibility index (Phi) is 62.2. The molecule has 11 heteroatoms. The first kappa shape index (κ1) is 82.4. The van der Waals surface area contributed by atoms with Gasteiger partial charge in [0, 0.05) is 12.8 Å². The van der Waals surface area contributed by atoms with Crippen molar-refractivity contribution < 1.29 is 49.3 Å². The number of nitrogens with one attached hydrogen (secondary N) is 1. The van der Waals surface area contributed by atoms with Gasteiger partial charge in [0.25, 0.3) is 0 Å². The van der Waals surface area contributed by atoms with Crippen LogP contribution in [0.1, 0.15) is 393 Å². The van der Waals surface area contributed by atoms with Crippen molar-refractivity contribution in [3.63, 3.8) is 0 Å². The molecule has 1 heterocycles. The normalized spacial score (nSPS) is 17.9. The Morgan fingerprint density at radius 1 is 0.419 bits per heavy atom. The van der Waals surface area contributed by atoms with Gasteiger partial charge in [0.05, 0.1) is 32.0 Å². The minimum absolute atomic E-state index is 0.0176. The van der Waals surface area contributed by atoms with E-state index in [4.69, 9.17) is 14.2 Å². The molecular formula is C75H145NO10. The molecule has 6 N–H and O–H groups in total. The second-order valence-electron chi connectivity index (χ2n) is 26.7. The highest BCUT2D eigenvalue weighted by Gasteiger charge is 2.44. The van der Waals surface area contributed by atoms with E-state index in [0.717, 1.165) is 51.4 Å². The number of aliphatic hydroxyl groups is 5. The molecule has 0 bridgehead atoms. The zero-order valence-electron chi connectivity index (χ0n) is 56.8. The number of ether oxygens (including phenoxy) is 3. The molecule has 0 saturated carbocycles. The lowest BCUT2D eigenvalue weighted by atomic mass is 9.99.